The third-order valence-electron chi connectivity index (χ3n) is 8.89. The van der Waals surface area contributed by atoms with Crippen molar-refractivity contribution < 1.29 is 4.39 Å². The molecule has 0 spiro atoms. The highest BCUT2D eigenvalue weighted by atomic mass is 19.1. The van der Waals surface area contributed by atoms with Crippen molar-refractivity contribution in [1.29, 1.82) is 0 Å². The second-order valence-electron chi connectivity index (χ2n) is 12.3. The Morgan fingerprint density at radius 3 is 2.65 bits per heavy atom. The number of fused-ring (bicyclic) bond motifs is 2. The van der Waals surface area contributed by atoms with Crippen LogP contribution in [0.2, 0.25) is 0 Å². The molecule has 0 bridgehead atoms. The lowest BCUT2D eigenvalue weighted by molar-refractivity contribution is 0.334. The van der Waals surface area contributed by atoms with E-state index >= 15 is 0 Å². The van der Waals surface area contributed by atoms with Gasteiger partial charge in [0.2, 0.25) is 0 Å². The van der Waals surface area contributed by atoms with Gasteiger partial charge in [0, 0.05) is 34.6 Å². The van der Waals surface area contributed by atoms with Gasteiger partial charge in [0.25, 0.3) is 0 Å². The Kier molecular flexibility index (Phi) is 7.91. The molecule has 0 amide bonds. The lowest BCUT2D eigenvalue weighted by atomic mass is 10.0. The molecule has 3 N–H and O–H groups in total. The Morgan fingerprint density at radius 2 is 1.77 bits per heavy atom. The van der Waals surface area contributed by atoms with Gasteiger partial charge in [0.15, 0.2) is 5.82 Å². The van der Waals surface area contributed by atoms with Crippen molar-refractivity contribution in [2.75, 3.05) is 25.0 Å². The second-order valence-corrected chi connectivity index (χ2v) is 12.3. The van der Waals surface area contributed by atoms with Crippen LogP contribution >= 0.6 is 0 Å². The molecule has 1 aliphatic heterocycles. The highest BCUT2D eigenvalue weighted by Gasteiger charge is 2.18. The Labute approximate surface area is 277 Å². The number of aryl methyl sites for hydroxylation is 1. The number of benzene rings is 2. The molecule has 0 radical (unpaired) electrons. The Balaban J connectivity index is 1.08. The molecule has 1 saturated heterocycles. The zero-order valence-corrected chi connectivity index (χ0v) is 26.4. The molecule has 7 aromatic rings. The molecule has 1 fully saturated rings. The summed E-state index contributed by atoms with van der Waals surface area (Å²) in [6.07, 6.45) is 11.4. The Morgan fingerprint density at radius 1 is 0.896 bits per heavy atom. The molecular formula is C38H34FN9. The predicted octanol–water partition coefficient (Wildman–Crippen LogP) is 7.88. The first kappa shape index (κ1) is 29.6. The van der Waals surface area contributed by atoms with E-state index in [0.717, 1.165) is 69.6 Å². The van der Waals surface area contributed by atoms with Crippen LogP contribution in [0.5, 0.6) is 0 Å². The van der Waals surface area contributed by atoms with Gasteiger partial charge >= 0.3 is 0 Å². The maximum absolute atomic E-state index is 14.9. The summed E-state index contributed by atoms with van der Waals surface area (Å²) in [5.74, 6) is 0.312. The van der Waals surface area contributed by atoms with Gasteiger partial charge in [-0.25, -0.2) is 9.37 Å². The van der Waals surface area contributed by atoms with Crippen LogP contribution in [0.1, 0.15) is 30.4 Å². The van der Waals surface area contributed by atoms with E-state index in [-0.39, 0.29) is 5.82 Å². The number of nitrogens with one attached hydrogen (secondary N) is 3. The third-order valence-corrected chi connectivity index (χ3v) is 8.89. The van der Waals surface area contributed by atoms with E-state index in [0.29, 0.717) is 28.3 Å². The molecule has 1 aliphatic rings. The quantitative estimate of drug-likeness (QED) is 0.140. The van der Waals surface area contributed by atoms with Crippen molar-refractivity contribution in [1.82, 2.24) is 40.0 Å². The first-order chi connectivity index (χ1) is 23.6. The van der Waals surface area contributed by atoms with E-state index < -0.39 is 0 Å². The molecule has 0 unspecified atom stereocenters. The van der Waals surface area contributed by atoms with E-state index in [4.69, 9.17) is 4.98 Å². The van der Waals surface area contributed by atoms with Crippen molar-refractivity contribution in [2.24, 2.45) is 0 Å². The van der Waals surface area contributed by atoms with Gasteiger partial charge in [-0.05, 0) is 92.8 Å². The lowest BCUT2D eigenvalue weighted by Crippen LogP contribution is -2.20. The summed E-state index contributed by atoms with van der Waals surface area (Å²) in [5, 5.41) is 11.9. The van der Waals surface area contributed by atoms with Gasteiger partial charge in [0.05, 0.1) is 40.5 Å². The minimum absolute atomic E-state index is 0.269. The molecule has 2 aromatic carbocycles. The van der Waals surface area contributed by atoms with Crippen molar-refractivity contribution in [3.05, 3.63) is 115 Å². The molecular weight excluding hydrogens is 601 g/mol. The average molecular weight is 636 g/mol. The van der Waals surface area contributed by atoms with Crippen LogP contribution in [0.4, 0.5) is 10.1 Å². The average Bonchev–Trinajstić information content (AvgIpc) is 3.88. The number of H-pyrrole nitrogens is 2. The first-order valence-electron chi connectivity index (χ1n) is 16.3. The fourth-order valence-corrected chi connectivity index (χ4v) is 6.49. The standard InChI is InChI=1S/C38H34FN9/c1-24(26-9-3-2-4-10-26)43-30-19-28(21-40-22-30)33-20-31-34(23-42-33)46-47-36(31)38-44-32-11-12-41-35(37(32)45-38)27-16-25(17-29(39)18-27)8-7-15-48-13-5-6-14-48/h2-4,9-12,16-23,43H,1,5-8,13-15H2,(H,44,45)(H,46,47). The summed E-state index contributed by atoms with van der Waals surface area (Å²) in [5.41, 5.74) is 9.35. The number of rotatable bonds is 10. The molecule has 8 rings (SSSR count). The summed E-state index contributed by atoms with van der Waals surface area (Å²) in [6, 6.07) is 21.0. The summed E-state index contributed by atoms with van der Waals surface area (Å²) in [6.45, 7) is 7.55. The normalized spacial score (nSPS) is 13.4. The number of hydrogen-bond donors (Lipinski definition) is 3. The molecule has 10 heteroatoms. The van der Waals surface area contributed by atoms with E-state index in [2.05, 4.69) is 46.9 Å². The van der Waals surface area contributed by atoms with Crippen molar-refractivity contribution in [3.8, 4) is 34.0 Å². The molecule has 0 saturated carbocycles. The first-order valence-corrected chi connectivity index (χ1v) is 16.3. The van der Waals surface area contributed by atoms with Gasteiger partial charge < -0.3 is 15.2 Å². The van der Waals surface area contributed by atoms with Gasteiger partial charge in [-0.2, -0.15) is 5.10 Å². The highest BCUT2D eigenvalue weighted by molar-refractivity contribution is 5.97. The fraction of sp³-hybridized carbons (Fsp3) is 0.184. The summed E-state index contributed by atoms with van der Waals surface area (Å²) < 4.78 is 14.9. The molecule has 9 nitrogen and oxygen atoms in total. The molecule has 0 aliphatic carbocycles. The lowest BCUT2D eigenvalue weighted by Gasteiger charge is -2.14. The molecule has 48 heavy (non-hydrogen) atoms. The van der Waals surface area contributed by atoms with Crippen molar-refractivity contribution >= 4 is 33.3 Å². The van der Waals surface area contributed by atoms with E-state index in [1.165, 1.54) is 32.0 Å². The molecule has 5 aromatic heterocycles. The SMILES string of the molecule is C=C(Nc1cncc(-c2cc3c(-c4nc5c(-c6cc(F)cc(CCCN7CCCC7)c6)nccc5[nH]4)n[nH]c3cn2)c1)c1ccccc1. The van der Waals surface area contributed by atoms with Gasteiger partial charge in [0.1, 0.15) is 17.0 Å². The number of aromatic amines is 2. The minimum Gasteiger partial charge on any atom is -0.354 e. The van der Waals surface area contributed by atoms with Crippen LogP contribution in [0.3, 0.4) is 0 Å². The van der Waals surface area contributed by atoms with Gasteiger partial charge in [-0.3, -0.25) is 20.1 Å². The predicted molar refractivity (Wildman–Crippen MR) is 188 cm³/mol. The summed E-state index contributed by atoms with van der Waals surface area (Å²) in [7, 11) is 0. The fourth-order valence-electron chi connectivity index (χ4n) is 6.49. The number of aromatic nitrogens is 7. The van der Waals surface area contributed by atoms with Crippen LogP contribution in [0, 0.1) is 5.82 Å². The number of hydrogen-bond acceptors (Lipinski definition) is 7. The molecule has 238 valence electrons. The van der Waals surface area contributed by atoms with Crippen LogP contribution < -0.4 is 5.32 Å². The number of imidazole rings is 1. The zero-order valence-electron chi connectivity index (χ0n) is 26.4. The number of pyridine rings is 3. The topological polar surface area (TPSA) is 111 Å². The van der Waals surface area contributed by atoms with E-state index in [9.17, 15) is 4.39 Å². The van der Waals surface area contributed by atoms with Gasteiger partial charge in [-0.1, -0.05) is 36.9 Å². The van der Waals surface area contributed by atoms with Crippen LogP contribution in [-0.4, -0.2) is 59.7 Å². The Bertz CT molecular complexity index is 2250. The van der Waals surface area contributed by atoms with E-state index in [1.54, 1.807) is 30.9 Å². The smallest absolute Gasteiger partial charge is 0.159 e. The number of halogens is 1. The highest BCUT2D eigenvalue weighted by Crippen LogP contribution is 2.33. The maximum Gasteiger partial charge on any atom is 0.159 e. The monoisotopic (exact) mass is 635 g/mol. The number of likely N-dealkylation sites (tertiary alicyclic amines) is 1. The summed E-state index contributed by atoms with van der Waals surface area (Å²) >= 11 is 0. The molecule has 0 atom stereocenters. The van der Waals surface area contributed by atoms with Crippen molar-refractivity contribution in [3.63, 3.8) is 0 Å². The third kappa shape index (κ3) is 6.05. The maximum atomic E-state index is 14.9. The number of nitrogens with zero attached hydrogens (tertiary/aromatic N) is 6. The Hall–Kier alpha value is -5.74. The van der Waals surface area contributed by atoms with Crippen molar-refractivity contribution in [2.45, 2.75) is 25.7 Å². The van der Waals surface area contributed by atoms with Gasteiger partial charge in [-0.15, -0.1) is 0 Å². The van der Waals surface area contributed by atoms with E-state index in [1.807, 2.05) is 54.6 Å². The zero-order chi connectivity index (χ0) is 32.5. The van der Waals surface area contributed by atoms with Crippen LogP contribution in [0.25, 0.3) is 61.7 Å². The van der Waals surface area contributed by atoms with Crippen LogP contribution in [-0.2, 0) is 6.42 Å². The van der Waals surface area contributed by atoms with Crippen LogP contribution in [0.15, 0.2) is 98.1 Å². The molecule has 6 heterocycles. The largest absolute Gasteiger partial charge is 0.354 e. The summed E-state index contributed by atoms with van der Waals surface area (Å²) in [4.78, 5) is 24.6. The second kappa shape index (κ2) is 12.8. The number of anilines is 1. The minimum atomic E-state index is -0.269.